The molecule has 124 valence electrons. The van der Waals surface area contributed by atoms with Gasteiger partial charge in [0.25, 0.3) is 0 Å². The number of anilines is 1. The van der Waals surface area contributed by atoms with Crippen molar-refractivity contribution in [3.63, 3.8) is 0 Å². The summed E-state index contributed by atoms with van der Waals surface area (Å²) in [6.07, 6.45) is 1.03. The predicted molar refractivity (Wildman–Crippen MR) is 90.5 cm³/mol. The van der Waals surface area contributed by atoms with Gasteiger partial charge in [0.05, 0.1) is 5.92 Å². The molecule has 2 amide bonds. The number of nitrogens with one attached hydrogen (secondary N) is 1. The highest BCUT2D eigenvalue weighted by molar-refractivity contribution is 6.01. The number of nitrogens with zero attached hydrogens (tertiary/aromatic N) is 2. The van der Waals surface area contributed by atoms with E-state index in [2.05, 4.69) is 41.1 Å². The zero-order valence-corrected chi connectivity index (χ0v) is 13.9. The Hall–Kier alpha value is -1.88. The van der Waals surface area contributed by atoms with Crippen LogP contribution in [0.4, 0.5) is 5.69 Å². The van der Waals surface area contributed by atoms with E-state index < -0.39 is 0 Å². The lowest BCUT2D eigenvalue weighted by Gasteiger charge is -2.38. The Morgan fingerprint density at radius 1 is 1.13 bits per heavy atom. The van der Waals surface area contributed by atoms with Crippen LogP contribution in [0, 0.1) is 0 Å². The van der Waals surface area contributed by atoms with Crippen LogP contribution in [0.2, 0.25) is 0 Å². The van der Waals surface area contributed by atoms with Crippen molar-refractivity contribution in [2.75, 3.05) is 31.1 Å². The fourth-order valence-corrected chi connectivity index (χ4v) is 3.45. The van der Waals surface area contributed by atoms with Gasteiger partial charge in [-0.05, 0) is 38.0 Å². The molecule has 5 heteroatoms. The summed E-state index contributed by atoms with van der Waals surface area (Å²) < 4.78 is 0. The fraction of sp³-hybridized carbons (Fsp3) is 0.556. The van der Waals surface area contributed by atoms with E-state index in [1.807, 2.05) is 12.1 Å². The van der Waals surface area contributed by atoms with E-state index in [4.69, 9.17) is 0 Å². The third-order valence-corrected chi connectivity index (χ3v) is 4.92. The minimum Gasteiger partial charge on any atom is -0.369 e. The molecule has 3 rings (SSSR count). The van der Waals surface area contributed by atoms with E-state index in [0.717, 1.165) is 31.7 Å². The van der Waals surface area contributed by atoms with Crippen molar-refractivity contribution in [1.29, 1.82) is 0 Å². The van der Waals surface area contributed by atoms with Gasteiger partial charge in [-0.15, -0.1) is 0 Å². The van der Waals surface area contributed by atoms with Crippen LogP contribution in [0.3, 0.4) is 0 Å². The number of hydrogen-bond acceptors (Lipinski definition) is 4. The first-order valence-electron chi connectivity index (χ1n) is 8.47. The molecule has 1 aromatic carbocycles. The molecule has 2 saturated heterocycles. The summed E-state index contributed by atoms with van der Waals surface area (Å²) in [5, 5.41) is 2.45. The second-order valence-corrected chi connectivity index (χ2v) is 6.72. The number of hydrogen-bond donors (Lipinski definition) is 1. The van der Waals surface area contributed by atoms with Crippen LogP contribution in [-0.4, -0.2) is 48.9 Å². The van der Waals surface area contributed by atoms with Crippen molar-refractivity contribution in [1.82, 2.24) is 10.2 Å². The van der Waals surface area contributed by atoms with Gasteiger partial charge in [0.15, 0.2) is 0 Å². The summed E-state index contributed by atoms with van der Waals surface area (Å²) in [5.41, 5.74) is 2.19. The number of benzene rings is 1. The van der Waals surface area contributed by atoms with Crippen molar-refractivity contribution in [3.8, 4) is 0 Å². The van der Waals surface area contributed by atoms with Gasteiger partial charge in [-0.2, -0.15) is 0 Å². The monoisotopic (exact) mass is 315 g/mol. The Bertz CT molecular complexity index is 592. The van der Waals surface area contributed by atoms with Gasteiger partial charge >= 0.3 is 0 Å². The molecule has 2 aliphatic rings. The molecular formula is C18H25N3O2. The summed E-state index contributed by atoms with van der Waals surface area (Å²) in [6.45, 7) is 8.63. The summed E-state index contributed by atoms with van der Waals surface area (Å²) in [6, 6.07) is 8.83. The van der Waals surface area contributed by atoms with Crippen molar-refractivity contribution in [3.05, 3.63) is 29.8 Å². The van der Waals surface area contributed by atoms with Gasteiger partial charge < -0.3 is 4.90 Å². The molecule has 1 aromatic rings. The predicted octanol–water partition coefficient (Wildman–Crippen LogP) is 1.74. The van der Waals surface area contributed by atoms with E-state index in [1.165, 1.54) is 5.69 Å². The Morgan fingerprint density at radius 2 is 1.87 bits per heavy atom. The molecule has 0 bridgehead atoms. The second-order valence-electron chi connectivity index (χ2n) is 6.72. The number of amides is 2. The summed E-state index contributed by atoms with van der Waals surface area (Å²) in [4.78, 5) is 28.2. The lowest BCUT2D eigenvalue weighted by atomic mass is 9.90. The highest BCUT2D eigenvalue weighted by atomic mass is 16.2. The number of piperazine rings is 1. The first kappa shape index (κ1) is 16.0. The van der Waals surface area contributed by atoms with Crippen molar-refractivity contribution >= 4 is 17.5 Å². The fourth-order valence-electron chi connectivity index (χ4n) is 3.45. The van der Waals surface area contributed by atoms with Crippen molar-refractivity contribution in [2.45, 2.75) is 38.6 Å². The van der Waals surface area contributed by atoms with Crippen LogP contribution >= 0.6 is 0 Å². The molecule has 0 saturated carbocycles. The average Bonchev–Trinajstić information content (AvgIpc) is 2.55. The molecule has 2 aliphatic heterocycles. The molecule has 0 aliphatic carbocycles. The molecule has 1 unspecified atom stereocenters. The van der Waals surface area contributed by atoms with E-state index in [0.29, 0.717) is 18.9 Å². The normalized spacial score (nSPS) is 23.3. The van der Waals surface area contributed by atoms with Crippen LogP contribution in [-0.2, 0) is 9.59 Å². The average molecular weight is 315 g/mol. The molecule has 1 atom stereocenters. The van der Waals surface area contributed by atoms with Crippen molar-refractivity contribution in [2.24, 2.45) is 0 Å². The molecule has 23 heavy (non-hydrogen) atoms. The number of imide groups is 1. The quantitative estimate of drug-likeness (QED) is 0.863. The SMILES string of the molecule is CC(C)N1CCN(c2cccc(C3CCC(=O)NC3=O)c2)CC1. The van der Waals surface area contributed by atoms with E-state index in [-0.39, 0.29) is 17.7 Å². The first-order valence-corrected chi connectivity index (χ1v) is 8.47. The highest BCUT2D eigenvalue weighted by Gasteiger charge is 2.28. The van der Waals surface area contributed by atoms with Gasteiger partial charge in [0.1, 0.15) is 0 Å². The van der Waals surface area contributed by atoms with Crippen LogP contribution in [0.1, 0.15) is 38.2 Å². The van der Waals surface area contributed by atoms with E-state index in [1.54, 1.807) is 0 Å². The van der Waals surface area contributed by atoms with Gasteiger partial charge in [-0.3, -0.25) is 19.8 Å². The van der Waals surface area contributed by atoms with Gasteiger partial charge in [0, 0.05) is 44.3 Å². The molecule has 2 fully saturated rings. The Labute approximate surface area is 137 Å². The lowest BCUT2D eigenvalue weighted by molar-refractivity contribution is -0.134. The molecule has 5 nitrogen and oxygen atoms in total. The van der Waals surface area contributed by atoms with E-state index >= 15 is 0 Å². The highest BCUT2D eigenvalue weighted by Crippen LogP contribution is 2.28. The minimum atomic E-state index is -0.204. The van der Waals surface area contributed by atoms with Gasteiger partial charge in [0.2, 0.25) is 11.8 Å². The lowest BCUT2D eigenvalue weighted by Crippen LogP contribution is -2.49. The van der Waals surface area contributed by atoms with Crippen molar-refractivity contribution < 1.29 is 9.59 Å². The maximum atomic E-state index is 12.1. The van der Waals surface area contributed by atoms with Gasteiger partial charge in [-0.1, -0.05) is 12.1 Å². The molecule has 0 radical (unpaired) electrons. The molecule has 0 spiro atoms. The summed E-state index contributed by atoms with van der Waals surface area (Å²) in [7, 11) is 0. The zero-order chi connectivity index (χ0) is 16.4. The largest absolute Gasteiger partial charge is 0.369 e. The Morgan fingerprint density at radius 3 is 2.52 bits per heavy atom. The van der Waals surface area contributed by atoms with Crippen LogP contribution in [0.25, 0.3) is 0 Å². The van der Waals surface area contributed by atoms with Gasteiger partial charge in [-0.25, -0.2) is 0 Å². The standard InChI is InChI=1S/C18H25N3O2/c1-13(2)20-8-10-21(11-9-20)15-5-3-4-14(12-15)16-6-7-17(22)19-18(16)23/h3-5,12-13,16H,6-11H2,1-2H3,(H,19,22,23). The smallest absolute Gasteiger partial charge is 0.234 e. The number of piperidine rings is 1. The second kappa shape index (κ2) is 6.71. The number of rotatable bonds is 3. The zero-order valence-electron chi connectivity index (χ0n) is 13.9. The third-order valence-electron chi connectivity index (χ3n) is 4.92. The Balaban J connectivity index is 1.71. The Kier molecular flexibility index (Phi) is 4.66. The maximum absolute atomic E-state index is 12.1. The topological polar surface area (TPSA) is 52.6 Å². The molecule has 1 N–H and O–H groups in total. The van der Waals surface area contributed by atoms with E-state index in [9.17, 15) is 9.59 Å². The molecule has 2 heterocycles. The maximum Gasteiger partial charge on any atom is 0.234 e. The number of carbonyl (C=O) groups excluding carboxylic acids is 2. The summed E-state index contributed by atoms with van der Waals surface area (Å²) in [5.74, 6) is -0.528. The first-order chi connectivity index (χ1) is 11.0. The van der Waals surface area contributed by atoms with Crippen LogP contribution in [0.5, 0.6) is 0 Å². The summed E-state index contributed by atoms with van der Waals surface area (Å²) >= 11 is 0. The number of carbonyl (C=O) groups is 2. The van der Waals surface area contributed by atoms with Crippen LogP contribution in [0.15, 0.2) is 24.3 Å². The molecule has 0 aromatic heterocycles. The minimum absolute atomic E-state index is 0.160. The van der Waals surface area contributed by atoms with Crippen LogP contribution < -0.4 is 10.2 Å². The molecular weight excluding hydrogens is 290 g/mol. The third kappa shape index (κ3) is 3.55.